The molecule has 5 N–H and O–H groups in total. The van der Waals surface area contributed by atoms with Crippen LogP contribution in [0.5, 0.6) is 5.75 Å². The van der Waals surface area contributed by atoms with Crippen molar-refractivity contribution < 1.29 is 34.1 Å². The molecule has 1 saturated carbocycles. The van der Waals surface area contributed by atoms with Crippen molar-refractivity contribution in [3.05, 3.63) is 102 Å². The van der Waals surface area contributed by atoms with E-state index in [1.54, 1.807) is 0 Å². The summed E-state index contributed by atoms with van der Waals surface area (Å²) in [5, 5.41) is 20.4. The fourth-order valence-electron chi connectivity index (χ4n) is 4.37. The van der Waals surface area contributed by atoms with Gasteiger partial charge in [0.2, 0.25) is 0 Å². The molecule has 0 spiro atoms. The number of hydrogen-bond acceptors (Lipinski definition) is 6. The summed E-state index contributed by atoms with van der Waals surface area (Å²) < 4.78 is 10.7. The largest absolute Gasteiger partial charge is 0.489 e. The monoisotopic (exact) mass is 548 g/mol. The zero-order chi connectivity index (χ0) is 28.7. The first-order valence-corrected chi connectivity index (χ1v) is 13.3. The lowest BCUT2D eigenvalue weighted by atomic mass is 9.98. The van der Waals surface area contributed by atoms with Crippen LogP contribution in [0.3, 0.4) is 0 Å². The summed E-state index contributed by atoms with van der Waals surface area (Å²) in [4.78, 5) is 33.6. The Balaban J connectivity index is 0.000000220. The smallest absolute Gasteiger partial charge is 0.408 e. The number of aliphatic carboxylic acids is 2. The standard InChI is InChI=1S/C16H17NO3.C15H19NO4/c17-15(16(18)19)10-12-6-8-14(9-7-12)20-11-13-4-2-1-3-5-13;17-14(18)13(12-8-4-5-9-12)16-15(19)20-10-11-6-2-1-3-7-11/h1-9,15H,10-11,17H2,(H,18,19);1-3,6-7,12-13H,4-5,8-10H2,(H,16,19)(H,17,18)/t15-;13-/m00/s1. The third kappa shape index (κ3) is 10.4. The van der Waals surface area contributed by atoms with Crippen LogP contribution in [-0.4, -0.2) is 40.3 Å². The van der Waals surface area contributed by atoms with Crippen LogP contribution in [0.25, 0.3) is 0 Å². The Morgan fingerprint density at radius 3 is 1.85 bits per heavy atom. The SMILES string of the molecule is N[C@@H](Cc1ccc(OCc2ccccc2)cc1)C(=O)O.O=C(N[C@H](C(=O)O)C1CCCC1)OCc1ccccc1. The number of carbonyl (C=O) groups is 3. The minimum absolute atomic E-state index is 0.0109. The van der Waals surface area contributed by atoms with Crippen molar-refractivity contribution in [1.29, 1.82) is 0 Å². The summed E-state index contributed by atoms with van der Waals surface area (Å²) >= 11 is 0. The molecule has 2 atom stereocenters. The predicted octanol–water partition coefficient (Wildman–Crippen LogP) is 4.78. The third-order valence-corrected chi connectivity index (χ3v) is 6.57. The van der Waals surface area contributed by atoms with Gasteiger partial charge in [-0.3, -0.25) is 4.79 Å². The molecule has 40 heavy (non-hydrogen) atoms. The highest BCUT2D eigenvalue weighted by Gasteiger charge is 2.32. The van der Waals surface area contributed by atoms with Gasteiger partial charge in [-0.1, -0.05) is 85.6 Å². The van der Waals surface area contributed by atoms with Crippen molar-refractivity contribution in [3.63, 3.8) is 0 Å². The van der Waals surface area contributed by atoms with Crippen LogP contribution < -0.4 is 15.8 Å². The number of carbonyl (C=O) groups excluding carboxylic acids is 1. The maximum absolute atomic E-state index is 11.7. The Labute approximate surface area is 233 Å². The van der Waals surface area contributed by atoms with Crippen LogP contribution in [-0.2, 0) is 34.0 Å². The van der Waals surface area contributed by atoms with E-state index in [2.05, 4.69) is 5.32 Å². The molecular weight excluding hydrogens is 512 g/mol. The van der Waals surface area contributed by atoms with Gasteiger partial charge in [-0.15, -0.1) is 0 Å². The molecule has 9 nitrogen and oxygen atoms in total. The lowest BCUT2D eigenvalue weighted by Gasteiger charge is -2.20. The molecule has 0 heterocycles. The number of hydrogen-bond donors (Lipinski definition) is 4. The molecule has 1 fully saturated rings. The lowest BCUT2D eigenvalue weighted by Crippen LogP contribution is -2.45. The lowest BCUT2D eigenvalue weighted by molar-refractivity contribution is -0.141. The van der Waals surface area contributed by atoms with E-state index in [1.165, 1.54) is 0 Å². The van der Waals surface area contributed by atoms with Crippen LogP contribution in [0.15, 0.2) is 84.9 Å². The molecule has 1 aliphatic rings. The van der Waals surface area contributed by atoms with Crippen molar-refractivity contribution in [3.8, 4) is 5.75 Å². The molecule has 3 aromatic rings. The molecule has 1 amide bonds. The van der Waals surface area contributed by atoms with Crippen LogP contribution in [0.4, 0.5) is 4.79 Å². The van der Waals surface area contributed by atoms with Gasteiger partial charge in [0, 0.05) is 0 Å². The van der Waals surface area contributed by atoms with E-state index >= 15 is 0 Å². The summed E-state index contributed by atoms with van der Waals surface area (Å²) in [5.41, 5.74) is 8.34. The van der Waals surface area contributed by atoms with E-state index in [0.717, 1.165) is 48.1 Å². The third-order valence-electron chi connectivity index (χ3n) is 6.57. The zero-order valence-corrected chi connectivity index (χ0v) is 22.3. The quantitative estimate of drug-likeness (QED) is 0.268. The van der Waals surface area contributed by atoms with E-state index in [9.17, 15) is 19.5 Å². The number of amides is 1. The molecule has 0 aliphatic heterocycles. The van der Waals surface area contributed by atoms with Gasteiger partial charge in [-0.2, -0.15) is 0 Å². The van der Waals surface area contributed by atoms with E-state index in [0.29, 0.717) is 13.0 Å². The first-order valence-electron chi connectivity index (χ1n) is 13.3. The Morgan fingerprint density at radius 1 is 0.775 bits per heavy atom. The van der Waals surface area contributed by atoms with E-state index < -0.39 is 30.1 Å². The molecule has 0 unspecified atom stereocenters. The molecule has 0 aromatic heterocycles. The normalized spacial score (nSPS) is 14.2. The highest BCUT2D eigenvalue weighted by molar-refractivity contribution is 5.80. The molecule has 212 valence electrons. The topological polar surface area (TPSA) is 148 Å². The maximum Gasteiger partial charge on any atom is 0.408 e. The fourth-order valence-corrected chi connectivity index (χ4v) is 4.37. The van der Waals surface area contributed by atoms with Crippen LogP contribution >= 0.6 is 0 Å². The highest BCUT2D eigenvalue weighted by Crippen LogP contribution is 2.28. The van der Waals surface area contributed by atoms with E-state index in [1.807, 2.05) is 84.9 Å². The minimum Gasteiger partial charge on any atom is -0.489 e. The molecule has 0 bridgehead atoms. The molecular formula is C31H36N2O7. The van der Waals surface area contributed by atoms with Gasteiger partial charge >= 0.3 is 18.0 Å². The average molecular weight is 549 g/mol. The molecule has 0 saturated heterocycles. The van der Waals surface area contributed by atoms with Gasteiger partial charge in [0.05, 0.1) is 0 Å². The molecule has 4 rings (SSSR count). The van der Waals surface area contributed by atoms with Crippen molar-refractivity contribution >= 4 is 18.0 Å². The minimum atomic E-state index is -0.992. The van der Waals surface area contributed by atoms with Gasteiger partial charge in [-0.25, -0.2) is 9.59 Å². The van der Waals surface area contributed by atoms with Gasteiger partial charge in [0.1, 0.15) is 31.0 Å². The Morgan fingerprint density at radius 2 is 1.32 bits per heavy atom. The summed E-state index contributed by atoms with van der Waals surface area (Å²) in [6.07, 6.45) is 3.37. The number of alkyl carbamates (subject to hydrolysis) is 1. The fraction of sp³-hybridized carbons (Fsp3) is 0.323. The second kappa shape index (κ2) is 15.9. The molecule has 1 aliphatic carbocycles. The van der Waals surface area contributed by atoms with Crippen LogP contribution in [0.2, 0.25) is 0 Å². The van der Waals surface area contributed by atoms with Crippen LogP contribution in [0.1, 0.15) is 42.4 Å². The van der Waals surface area contributed by atoms with Gasteiger partial charge < -0.3 is 30.7 Å². The number of nitrogens with two attached hydrogens (primary N) is 1. The summed E-state index contributed by atoms with van der Waals surface area (Å²) in [6, 6.07) is 24.8. The molecule has 9 heteroatoms. The Hall–Kier alpha value is -4.37. The number of carboxylic acids is 2. The molecule has 3 aromatic carbocycles. The second-order valence-electron chi connectivity index (χ2n) is 9.63. The number of benzene rings is 3. The number of carboxylic acid groups (broad SMARTS) is 2. The van der Waals surface area contributed by atoms with Gasteiger partial charge in [-0.05, 0) is 54.0 Å². The van der Waals surface area contributed by atoms with Crippen LogP contribution in [0, 0.1) is 5.92 Å². The van der Waals surface area contributed by atoms with Gasteiger partial charge in [0.25, 0.3) is 0 Å². The maximum atomic E-state index is 11.7. The summed E-state index contributed by atoms with van der Waals surface area (Å²) in [5.74, 6) is -1.22. The van der Waals surface area contributed by atoms with Gasteiger partial charge in [0.15, 0.2) is 0 Å². The second-order valence-corrected chi connectivity index (χ2v) is 9.63. The number of nitrogens with one attached hydrogen (secondary N) is 1. The van der Waals surface area contributed by atoms with Crippen molar-refractivity contribution in [2.45, 2.75) is 57.4 Å². The first kappa shape index (κ1) is 30.2. The van der Waals surface area contributed by atoms with E-state index in [-0.39, 0.29) is 12.5 Å². The number of ether oxygens (including phenoxy) is 2. The first-order chi connectivity index (χ1) is 19.3. The number of rotatable bonds is 11. The molecule has 0 radical (unpaired) electrons. The van der Waals surface area contributed by atoms with Crippen molar-refractivity contribution in [1.82, 2.24) is 5.32 Å². The van der Waals surface area contributed by atoms with Crippen molar-refractivity contribution in [2.24, 2.45) is 11.7 Å². The Bertz CT molecular complexity index is 1200. The zero-order valence-electron chi connectivity index (χ0n) is 22.3. The summed E-state index contributed by atoms with van der Waals surface area (Å²) in [6.45, 7) is 0.651. The average Bonchev–Trinajstić information content (AvgIpc) is 3.50. The van der Waals surface area contributed by atoms with E-state index in [4.69, 9.17) is 20.3 Å². The summed E-state index contributed by atoms with van der Waals surface area (Å²) in [7, 11) is 0. The highest BCUT2D eigenvalue weighted by atomic mass is 16.5. The van der Waals surface area contributed by atoms with Crippen molar-refractivity contribution in [2.75, 3.05) is 0 Å². The predicted molar refractivity (Wildman–Crippen MR) is 150 cm³/mol. The Kier molecular flexibility index (Phi) is 12.0.